The number of aliphatic hydroxyl groups is 1. The highest BCUT2D eigenvalue weighted by molar-refractivity contribution is 6.30. The Morgan fingerprint density at radius 1 is 1.58 bits per heavy atom. The van der Waals surface area contributed by atoms with Gasteiger partial charge in [-0.15, -0.1) is 0 Å². The maximum Gasteiger partial charge on any atom is 0.141 e. The standard InChI is InChI=1S/C9H8ClFO/c1-6(5-12)7-2-3-9(11)8(10)4-7/h2-4,12H,1,5H2. The van der Waals surface area contributed by atoms with Crippen molar-refractivity contribution >= 4 is 17.2 Å². The fraction of sp³-hybridized carbons (Fsp3) is 0.111. The summed E-state index contributed by atoms with van der Waals surface area (Å²) >= 11 is 5.52. The van der Waals surface area contributed by atoms with Crippen LogP contribution in [0.4, 0.5) is 4.39 Å². The molecule has 0 heterocycles. The lowest BCUT2D eigenvalue weighted by molar-refractivity contribution is 0.350. The summed E-state index contributed by atoms with van der Waals surface area (Å²) in [5, 5.41) is 8.76. The molecule has 0 atom stereocenters. The maximum atomic E-state index is 12.6. The number of rotatable bonds is 2. The van der Waals surface area contributed by atoms with Gasteiger partial charge in [0.2, 0.25) is 0 Å². The first kappa shape index (κ1) is 9.23. The molecule has 64 valence electrons. The van der Waals surface area contributed by atoms with Crippen LogP contribution in [0.5, 0.6) is 0 Å². The van der Waals surface area contributed by atoms with Gasteiger partial charge in [-0.1, -0.05) is 24.2 Å². The van der Waals surface area contributed by atoms with Crippen molar-refractivity contribution in [2.24, 2.45) is 0 Å². The van der Waals surface area contributed by atoms with Crippen molar-refractivity contribution in [2.75, 3.05) is 6.61 Å². The zero-order valence-corrected chi connectivity index (χ0v) is 7.11. The Kier molecular flexibility index (Phi) is 2.84. The monoisotopic (exact) mass is 186 g/mol. The van der Waals surface area contributed by atoms with E-state index in [0.29, 0.717) is 11.1 Å². The first-order valence-corrected chi connectivity index (χ1v) is 3.77. The second kappa shape index (κ2) is 3.70. The van der Waals surface area contributed by atoms with Gasteiger partial charge >= 0.3 is 0 Å². The zero-order valence-electron chi connectivity index (χ0n) is 6.35. The number of hydrogen-bond donors (Lipinski definition) is 1. The summed E-state index contributed by atoms with van der Waals surface area (Å²) in [6.45, 7) is 3.43. The third kappa shape index (κ3) is 1.84. The summed E-state index contributed by atoms with van der Waals surface area (Å²) < 4.78 is 12.6. The molecule has 1 rings (SSSR count). The number of halogens is 2. The molecule has 1 aromatic rings. The molecular formula is C9H8ClFO. The lowest BCUT2D eigenvalue weighted by Gasteiger charge is -2.02. The molecule has 0 aliphatic carbocycles. The molecule has 0 aliphatic rings. The van der Waals surface area contributed by atoms with Gasteiger partial charge in [0.1, 0.15) is 5.82 Å². The van der Waals surface area contributed by atoms with E-state index in [0.717, 1.165) is 0 Å². The SMILES string of the molecule is C=C(CO)c1ccc(F)c(Cl)c1. The fourth-order valence-electron chi connectivity index (χ4n) is 0.807. The van der Waals surface area contributed by atoms with E-state index in [1.807, 2.05) is 0 Å². The van der Waals surface area contributed by atoms with Gasteiger partial charge in [-0.3, -0.25) is 0 Å². The smallest absolute Gasteiger partial charge is 0.141 e. The van der Waals surface area contributed by atoms with Gasteiger partial charge in [0.05, 0.1) is 11.6 Å². The summed E-state index contributed by atoms with van der Waals surface area (Å²) in [5.74, 6) is -0.467. The molecule has 0 aliphatic heterocycles. The highest BCUT2D eigenvalue weighted by Crippen LogP contribution is 2.20. The molecule has 0 bridgehead atoms. The van der Waals surface area contributed by atoms with Crippen LogP contribution in [0.2, 0.25) is 5.02 Å². The Hall–Kier alpha value is -0.860. The van der Waals surface area contributed by atoms with Gasteiger partial charge < -0.3 is 5.11 Å². The van der Waals surface area contributed by atoms with Crippen molar-refractivity contribution in [2.45, 2.75) is 0 Å². The molecule has 0 aromatic heterocycles. The maximum absolute atomic E-state index is 12.6. The third-order valence-corrected chi connectivity index (χ3v) is 1.81. The van der Waals surface area contributed by atoms with E-state index in [2.05, 4.69) is 6.58 Å². The van der Waals surface area contributed by atoms with Gasteiger partial charge in [0.15, 0.2) is 0 Å². The van der Waals surface area contributed by atoms with Crippen LogP contribution < -0.4 is 0 Å². The van der Waals surface area contributed by atoms with E-state index in [-0.39, 0.29) is 11.6 Å². The van der Waals surface area contributed by atoms with Crippen molar-refractivity contribution in [3.63, 3.8) is 0 Å². The van der Waals surface area contributed by atoms with Gasteiger partial charge in [-0.2, -0.15) is 0 Å². The Morgan fingerprint density at radius 2 is 2.25 bits per heavy atom. The van der Waals surface area contributed by atoms with Crippen molar-refractivity contribution in [1.29, 1.82) is 0 Å². The Bertz CT molecular complexity index is 309. The van der Waals surface area contributed by atoms with E-state index >= 15 is 0 Å². The summed E-state index contributed by atoms with van der Waals surface area (Å²) in [5.41, 5.74) is 1.18. The Morgan fingerprint density at radius 3 is 2.75 bits per heavy atom. The summed E-state index contributed by atoms with van der Waals surface area (Å²) in [6.07, 6.45) is 0. The molecule has 0 radical (unpaired) electrons. The largest absolute Gasteiger partial charge is 0.392 e. The van der Waals surface area contributed by atoms with Crippen molar-refractivity contribution in [3.8, 4) is 0 Å². The normalized spacial score (nSPS) is 9.92. The fourth-order valence-corrected chi connectivity index (χ4v) is 0.988. The van der Waals surface area contributed by atoms with Crippen LogP contribution >= 0.6 is 11.6 Å². The number of benzene rings is 1. The third-order valence-electron chi connectivity index (χ3n) is 1.52. The van der Waals surface area contributed by atoms with Gasteiger partial charge in [-0.25, -0.2) is 4.39 Å². The van der Waals surface area contributed by atoms with E-state index in [4.69, 9.17) is 16.7 Å². The topological polar surface area (TPSA) is 20.2 Å². The lowest BCUT2D eigenvalue weighted by Crippen LogP contribution is -1.89. The molecule has 1 nitrogen and oxygen atoms in total. The molecular weight excluding hydrogens is 179 g/mol. The number of aliphatic hydroxyl groups excluding tert-OH is 1. The minimum atomic E-state index is -0.467. The van der Waals surface area contributed by atoms with Crippen molar-refractivity contribution in [1.82, 2.24) is 0 Å². The molecule has 0 fully saturated rings. The van der Waals surface area contributed by atoms with Crippen LogP contribution in [0, 0.1) is 5.82 Å². The summed E-state index contributed by atoms with van der Waals surface area (Å²) in [4.78, 5) is 0. The van der Waals surface area contributed by atoms with Crippen LogP contribution in [-0.4, -0.2) is 11.7 Å². The molecule has 0 spiro atoms. The second-order valence-corrected chi connectivity index (χ2v) is 2.80. The quantitative estimate of drug-likeness (QED) is 0.753. The first-order valence-electron chi connectivity index (χ1n) is 3.39. The van der Waals surface area contributed by atoms with E-state index in [1.165, 1.54) is 18.2 Å². The highest BCUT2D eigenvalue weighted by atomic mass is 35.5. The molecule has 0 amide bonds. The average molecular weight is 187 g/mol. The molecule has 0 saturated heterocycles. The Balaban J connectivity index is 3.05. The van der Waals surface area contributed by atoms with Gasteiger partial charge in [0.25, 0.3) is 0 Å². The zero-order chi connectivity index (χ0) is 9.14. The predicted octanol–water partition coefficient (Wildman–Crippen LogP) is 2.48. The minimum absolute atomic E-state index is 0.0436. The molecule has 3 heteroatoms. The number of hydrogen-bond acceptors (Lipinski definition) is 1. The second-order valence-electron chi connectivity index (χ2n) is 2.39. The molecule has 0 saturated carbocycles. The van der Waals surface area contributed by atoms with Crippen LogP contribution in [-0.2, 0) is 0 Å². The van der Waals surface area contributed by atoms with Crippen LogP contribution in [0.25, 0.3) is 5.57 Å². The van der Waals surface area contributed by atoms with Crippen molar-refractivity contribution < 1.29 is 9.50 Å². The van der Waals surface area contributed by atoms with E-state index < -0.39 is 5.82 Å². The average Bonchev–Trinajstić information content (AvgIpc) is 2.08. The first-order chi connectivity index (χ1) is 5.65. The Labute approximate surface area is 75.1 Å². The van der Waals surface area contributed by atoms with Crippen LogP contribution in [0.3, 0.4) is 0 Å². The van der Waals surface area contributed by atoms with Crippen LogP contribution in [0.15, 0.2) is 24.8 Å². The highest BCUT2D eigenvalue weighted by Gasteiger charge is 2.02. The van der Waals surface area contributed by atoms with Gasteiger partial charge in [0, 0.05) is 0 Å². The lowest BCUT2D eigenvalue weighted by atomic mass is 10.1. The van der Waals surface area contributed by atoms with E-state index in [1.54, 1.807) is 0 Å². The van der Waals surface area contributed by atoms with Crippen LogP contribution in [0.1, 0.15) is 5.56 Å². The molecule has 1 N–H and O–H groups in total. The molecule has 0 unspecified atom stereocenters. The summed E-state index contributed by atoms with van der Waals surface area (Å²) in [6, 6.07) is 4.22. The van der Waals surface area contributed by atoms with E-state index in [9.17, 15) is 4.39 Å². The van der Waals surface area contributed by atoms with Crippen molar-refractivity contribution in [3.05, 3.63) is 41.2 Å². The molecule has 1 aromatic carbocycles. The predicted molar refractivity (Wildman–Crippen MR) is 47.5 cm³/mol. The minimum Gasteiger partial charge on any atom is -0.392 e. The van der Waals surface area contributed by atoms with Gasteiger partial charge in [-0.05, 0) is 23.3 Å². The summed E-state index contributed by atoms with van der Waals surface area (Å²) in [7, 11) is 0. The molecule has 12 heavy (non-hydrogen) atoms.